The van der Waals surface area contributed by atoms with Gasteiger partial charge in [0.25, 0.3) is 0 Å². The predicted octanol–water partition coefficient (Wildman–Crippen LogP) is 3.45. The highest BCUT2D eigenvalue weighted by Gasteiger charge is 2.28. The van der Waals surface area contributed by atoms with Gasteiger partial charge in [0.05, 0.1) is 4.90 Å². The zero-order chi connectivity index (χ0) is 18.6. The van der Waals surface area contributed by atoms with Crippen LogP contribution < -0.4 is 0 Å². The van der Waals surface area contributed by atoms with Gasteiger partial charge in [0.1, 0.15) is 0 Å². The van der Waals surface area contributed by atoms with Crippen molar-refractivity contribution in [1.29, 1.82) is 0 Å². The van der Waals surface area contributed by atoms with Crippen molar-refractivity contribution in [3.63, 3.8) is 0 Å². The molecule has 0 saturated carbocycles. The molecule has 3 rings (SSSR count). The normalized spacial score (nSPS) is 16.7. The maximum absolute atomic E-state index is 12.9. The van der Waals surface area contributed by atoms with Crippen molar-refractivity contribution < 1.29 is 8.42 Å². The van der Waals surface area contributed by atoms with Crippen LogP contribution in [0.5, 0.6) is 0 Å². The van der Waals surface area contributed by atoms with Crippen LogP contribution in [0, 0.1) is 6.92 Å². The second kappa shape index (κ2) is 8.33. The molecule has 1 aliphatic heterocycles. The first-order chi connectivity index (χ1) is 12.5. The standard InChI is InChI=1S/C21H28N2O2S/c1-3-5-19-8-10-21(11-9-19)26(24,25)23-14-12-22(13-15-23)17-20-7-4-6-18(2)16-20/h4,6-11,16H,3,5,12-15,17H2,1-2H3. The number of sulfonamides is 1. The largest absolute Gasteiger partial charge is 0.296 e. The third kappa shape index (κ3) is 4.53. The Bertz CT molecular complexity index is 823. The number of hydrogen-bond donors (Lipinski definition) is 0. The molecule has 0 spiro atoms. The summed E-state index contributed by atoms with van der Waals surface area (Å²) in [6.45, 7) is 7.72. The van der Waals surface area contributed by atoms with Crippen LogP contribution >= 0.6 is 0 Å². The number of aryl methyl sites for hydroxylation is 2. The summed E-state index contributed by atoms with van der Waals surface area (Å²) in [6, 6.07) is 15.9. The maximum Gasteiger partial charge on any atom is 0.243 e. The average Bonchev–Trinajstić information content (AvgIpc) is 2.63. The van der Waals surface area contributed by atoms with E-state index in [1.165, 1.54) is 16.7 Å². The monoisotopic (exact) mass is 372 g/mol. The van der Waals surface area contributed by atoms with Crippen LogP contribution in [-0.4, -0.2) is 43.8 Å². The minimum atomic E-state index is -3.39. The van der Waals surface area contributed by atoms with E-state index in [1.54, 1.807) is 16.4 Å². The van der Waals surface area contributed by atoms with E-state index in [0.717, 1.165) is 32.5 Å². The fraction of sp³-hybridized carbons (Fsp3) is 0.429. The highest BCUT2D eigenvalue weighted by molar-refractivity contribution is 7.89. The first-order valence-corrected chi connectivity index (χ1v) is 10.8. The number of piperazine rings is 1. The molecule has 1 saturated heterocycles. The van der Waals surface area contributed by atoms with Crippen molar-refractivity contribution in [1.82, 2.24) is 9.21 Å². The van der Waals surface area contributed by atoms with Crippen molar-refractivity contribution in [2.45, 2.75) is 38.1 Å². The van der Waals surface area contributed by atoms with Crippen molar-refractivity contribution in [2.75, 3.05) is 26.2 Å². The molecule has 26 heavy (non-hydrogen) atoms. The molecule has 1 heterocycles. The lowest BCUT2D eigenvalue weighted by molar-refractivity contribution is 0.181. The molecule has 0 atom stereocenters. The zero-order valence-corrected chi connectivity index (χ0v) is 16.5. The Hall–Kier alpha value is -1.69. The van der Waals surface area contributed by atoms with Crippen molar-refractivity contribution in [3.05, 3.63) is 65.2 Å². The van der Waals surface area contributed by atoms with Crippen molar-refractivity contribution in [2.24, 2.45) is 0 Å². The summed E-state index contributed by atoms with van der Waals surface area (Å²) in [5.74, 6) is 0. The van der Waals surface area contributed by atoms with Crippen LogP contribution in [0.4, 0.5) is 0 Å². The Kier molecular flexibility index (Phi) is 6.12. The lowest BCUT2D eigenvalue weighted by atomic mass is 10.1. The minimum Gasteiger partial charge on any atom is -0.296 e. The van der Waals surface area contributed by atoms with Gasteiger partial charge in [0.2, 0.25) is 10.0 Å². The number of nitrogens with zero attached hydrogens (tertiary/aromatic N) is 2. The molecule has 0 bridgehead atoms. The molecule has 1 fully saturated rings. The van der Waals surface area contributed by atoms with E-state index in [0.29, 0.717) is 18.0 Å². The SMILES string of the molecule is CCCc1ccc(S(=O)(=O)N2CCN(Cc3cccc(C)c3)CC2)cc1. The maximum atomic E-state index is 12.9. The van der Waals surface area contributed by atoms with Crippen LogP contribution in [0.15, 0.2) is 53.4 Å². The van der Waals surface area contributed by atoms with Gasteiger partial charge in [-0.25, -0.2) is 8.42 Å². The van der Waals surface area contributed by atoms with Gasteiger partial charge in [-0.15, -0.1) is 0 Å². The van der Waals surface area contributed by atoms with Gasteiger partial charge < -0.3 is 0 Å². The van der Waals surface area contributed by atoms with Crippen molar-refractivity contribution in [3.8, 4) is 0 Å². The predicted molar refractivity (Wildman–Crippen MR) is 106 cm³/mol. The van der Waals surface area contributed by atoms with E-state index in [1.807, 2.05) is 12.1 Å². The third-order valence-electron chi connectivity index (χ3n) is 4.92. The van der Waals surface area contributed by atoms with Crippen LogP contribution in [0.25, 0.3) is 0 Å². The van der Waals surface area contributed by atoms with Gasteiger partial charge in [-0.05, 0) is 36.6 Å². The highest BCUT2D eigenvalue weighted by Crippen LogP contribution is 2.19. The molecule has 0 radical (unpaired) electrons. The molecule has 140 valence electrons. The van der Waals surface area contributed by atoms with E-state index < -0.39 is 10.0 Å². The number of hydrogen-bond acceptors (Lipinski definition) is 3. The van der Waals surface area contributed by atoms with Crippen molar-refractivity contribution >= 4 is 10.0 Å². The highest BCUT2D eigenvalue weighted by atomic mass is 32.2. The summed E-state index contributed by atoms with van der Waals surface area (Å²) in [4.78, 5) is 2.73. The Morgan fingerprint density at radius 1 is 0.923 bits per heavy atom. The third-order valence-corrected chi connectivity index (χ3v) is 6.83. The Morgan fingerprint density at radius 3 is 2.23 bits per heavy atom. The summed E-state index contributed by atoms with van der Waals surface area (Å²) < 4.78 is 27.4. The number of rotatable bonds is 6. The molecule has 0 N–H and O–H groups in total. The van der Waals surface area contributed by atoms with E-state index >= 15 is 0 Å². The molecule has 0 aliphatic carbocycles. The number of benzene rings is 2. The second-order valence-corrected chi connectivity index (χ2v) is 9.00. The Labute approximate surface area is 157 Å². The molecular weight excluding hydrogens is 344 g/mol. The molecule has 2 aromatic carbocycles. The quantitative estimate of drug-likeness (QED) is 0.780. The Balaban J connectivity index is 1.61. The molecule has 0 amide bonds. The van der Waals surface area contributed by atoms with E-state index in [2.05, 4.69) is 43.0 Å². The first kappa shape index (κ1) is 19.1. The molecule has 5 heteroatoms. The molecule has 1 aliphatic rings. The van der Waals surface area contributed by atoms with Crippen LogP contribution in [0.3, 0.4) is 0 Å². The van der Waals surface area contributed by atoms with Gasteiger partial charge in [-0.3, -0.25) is 4.90 Å². The lowest BCUT2D eigenvalue weighted by Crippen LogP contribution is -2.48. The van der Waals surface area contributed by atoms with E-state index in [9.17, 15) is 8.42 Å². The van der Waals surface area contributed by atoms with Gasteiger partial charge in [0, 0.05) is 32.7 Å². The summed E-state index contributed by atoms with van der Waals surface area (Å²) >= 11 is 0. The fourth-order valence-corrected chi connectivity index (χ4v) is 4.88. The lowest BCUT2D eigenvalue weighted by Gasteiger charge is -2.34. The minimum absolute atomic E-state index is 0.407. The second-order valence-electron chi connectivity index (χ2n) is 7.06. The smallest absolute Gasteiger partial charge is 0.243 e. The van der Waals surface area contributed by atoms with Crippen LogP contribution in [-0.2, 0) is 23.0 Å². The van der Waals surface area contributed by atoms with Gasteiger partial charge in [-0.2, -0.15) is 4.31 Å². The Morgan fingerprint density at radius 2 is 1.62 bits per heavy atom. The van der Waals surface area contributed by atoms with Gasteiger partial charge in [-0.1, -0.05) is 55.3 Å². The van der Waals surface area contributed by atoms with E-state index in [4.69, 9.17) is 0 Å². The molecule has 2 aromatic rings. The van der Waals surface area contributed by atoms with E-state index in [-0.39, 0.29) is 0 Å². The summed E-state index contributed by atoms with van der Waals surface area (Å²) in [5.41, 5.74) is 3.73. The molecule has 0 aromatic heterocycles. The average molecular weight is 373 g/mol. The molecule has 4 nitrogen and oxygen atoms in total. The summed E-state index contributed by atoms with van der Waals surface area (Å²) in [5, 5.41) is 0. The molecule has 0 unspecified atom stereocenters. The first-order valence-electron chi connectivity index (χ1n) is 9.36. The van der Waals surface area contributed by atoms with Gasteiger partial charge in [0.15, 0.2) is 0 Å². The van der Waals surface area contributed by atoms with Crippen LogP contribution in [0.1, 0.15) is 30.0 Å². The van der Waals surface area contributed by atoms with Crippen LogP contribution in [0.2, 0.25) is 0 Å². The molecular formula is C21H28N2O2S. The topological polar surface area (TPSA) is 40.6 Å². The zero-order valence-electron chi connectivity index (χ0n) is 15.7. The summed E-state index contributed by atoms with van der Waals surface area (Å²) in [6.07, 6.45) is 2.05. The van der Waals surface area contributed by atoms with Gasteiger partial charge >= 0.3 is 0 Å². The summed E-state index contributed by atoms with van der Waals surface area (Å²) in [7, 11) is -3.39. The fourth-order valence-electron chi connectivity index (χ4n) is 3.46.